The Morgan fingerprint density at radius 1 is 1.10 bits per heavy atom. The molecule has 0 atom stereocenters. The van der Waals surface area contributed by atoms with Crippen LogP contribution in [0, 0.1) is 22.7 Å². The lowest BCUT2D eigenvalue weighted by molar-refractivity contribution is 0.468. The summed E-state index contributed by atoms with van der Waals surface area (Å²) < 4.78 is 0. The number of nitrogens with zero attached hydrogens (tertiary/aromatic N) is 3. The van der Waals surface area contributed by atoms with Gasteiger partial charge in [-0.1, -0.05) is 24.3 Å². The number of hydrogen-bond donors (Lipinski definition) is 2. The molecule has 0 radical (unpaired) electrons. The molecule has 0 saturated heterocycles. The maximum Gasteiger partial charge on any atom is 0.147 e. The monoisotopic (exact) mass is 279 g/mol. The maximum absolute atomic E-state index is 10.5. The van der Waals surface area contributed by atoms with Gasteiger partial charge in [-0.3, -0.25) is 0 Å². The summed E-state index contributed by atoms with van der Waals surface area (Å²) in [4.78, 5) is 1.60. The van der Waals surface area contributed by atoms with Crippen molar-refractivity contribution in [3.05, 3.63) is 35.9 Å². The van der Waals surface area contributed by atoms with Crippen LogP contribution in [0.4, 0.5) is 5.69 Å². The number of phenols is 2. The van der Waals surface area contributed by atoms with Gasteiger partial charge in [0.2, 0.25) is 0 Å². The third kappa shape index (κ3) is 2.22. The summed E-state index contributed by atoms with van der Waals surface area (Å²) in [7, 11) is 3.38. The average Bonchev–Trinajstić information content (AvgIpc) is 2.48. The minimum Gasteiger partial charge on any atom is -0.507 e. The molecule has 2 aromatic carbocycles. The zero-order valence-electron chi connectivity index (χ0n) is 11.6. The molecule has 0 aliphatic heterocycles. The van der Waals surface area contributed by atoms with E-state index in [0.29, 0.717) is 16.5 Å². The van der Waals surface area contributed by atoms with Gasteiger partial charge < -0.3 is 15.1 Å². The zero-order chi connectivity index (χ0) is 15.6. The highest BCUT2D eigenvalue weighted by molar-refractivity contribution is 6.05. The summed E-state index contributed by atoms with van der Waals surface area (Å²) in [5, 5.41) is 39.9. The van der Waals surface area contributed by atoms with E-state index in [1.165, 1.54) is 0 Å². The lowest BCUT2D eigenvalue weighted by atomic mass is 9.96. The highest BCUT2D eigenvalue weighted by Crippen LogP contribution is 2.46. The van der Waals surface area contributed by atoms with Crippen molar-refractivity contribution in [3.63, 3.8) is 0 Å². The molecule has 0 aliphatic carbocycles. The predicted octanol–water partition coefficient (Wildman–Crippen LogP) is 2.75. The van der Waals surface area contributed by atoms with Crippen molar-refractivity contribution in [1.82, 2.24) is 0 Å². The van der Waals surface area contributed by atoms with E-state index in [4.69, 9.17) is 5.26 Å². The zero-order valence-corrected chi connectivity index (χ0v) is 11.6. The number of phenolic OH excluding ortho intramolecular Hbond substituents is 2. The molecule has 0 aliphatic rings. The fourth-order valence-corrected chi connectivity index (χ4v) is 2.30. The molecule has 104 valence electrons. The van der Waals surface area contributed by atoms with Gasteiger partial charge in [0.05, 0.1) is 22.9 Å². The normalized spacial score (nSPS) is 11.0. The van der Waals surface area contributed by atoms with Crippen LogP contribution in [0.2, 0.25) is 0 Å². The summed E-state index contributed by atoms with van der Waals surface area (Å²) in [5.74, 6) is -0.169. The number of hydrogen-bond acceptors (Lipinski definition) is 5. The summed E-state index contributed by atoms with van der Waals surface area (Å²) in [6, 6.07) is 10.5. The number of aromatic hydroxyl groups is 2. The smallest absolute Gasteiger partial charge is 0.147 e. The van der Waals surface area contributed by atoms with Gasteiger partial charge in [0, 0.05) is 30.9 Å². The molecule has 5 nitrogen and oxygen atoms in total. The molecule has 0 heterocycles. The first-order valence-corrected chi connectivity index (χ1v) is 6.17. The SMILES string of the molecule is CN(C)c1c(/C(C#N)=C/C#N)c(O)c2ccccc2c1O. The van der Waals surface area contributed by atoms with Crippen molar-refractivity contribution in [2.45, 2.75) is 0 Å². The Balaban J connectivity index is 3.03. The molecule has 2 rings (SSSR count). The molecule has 0 spiro atoms. The van der Waals surface area contributed by atoms with Crippen molar-refractivity contribution in [3.8, 4) is 23.6 Å². The first kappa shape index (κ1) is 14.2. The van der Waals surface area contributed by atoms with Crippen LogP contribution in [0.5, 0.6) is 11.5 Å². The molecule has 21 heavy (non-hydrogen) atoms. The molecule has 0 fully saturated rings. The third-order valence-electron chi connectivity index (χ3n) is 3.18. The van der Waals surface area contributed by atoms with Gasteiger partial charge in [0.25, 0.3) is 0 Å². The Kier molecular flexibility index (Phi) is 3.69. The fourth-order valence-electron chi connectivity index (χ4n) is 2.30. The number of nitriles is 2. The molecular formula is C16H13N3O2. The van der Waals surface area contributed by atoms with Crippen LogP contribution in [0.15, 0.2) is 30.3 Å². The summed E-state index contributed by atoms with van der Waals surface area (Å²) >= 11 is 0. The molecule has 2 aromatic rings. The fraction of sp³-hybridized carbons (Fsp3) is 0.125. The van der Waals surface area contributed by atoms with E-state index in [1.54, 1.807) is 49.3 Å². The number of rotatable bonds is 2. The second-order valence-electron chi connectivity index (χ2n) is 4.66. The quantitative estimate of drug-likeness (QED) is 0.651. The van der Waals surface area contributed by atoms with Gasteiger partial charge in [-0.2, -0.15) is 10.5 Å². The molecule has 0 aromatic heterocycles. The van der Waals surface area contributed by atoms with Gasteiger partial charge in [0.15, 0.2) is 0 Å². The summed E-state index contributed by atoms with van der Waals surface area (Å²) in [6.07, 6.45) is 1.05. The van der Waals surface area contributed by atoms with Crippen molar-refractivity contribution in [1.29, 1.82) is 10.5 Å². The second-order valence-corrected chi connectivity index (χ2v) is 4.66. The van der Waals surface area contributed by atoms with Crippen LogP contribution < -0.4 is 4.90 Å². The van der Waals surface area contributed by atoms with E-state index in [0.717, 1.165) is 6.08 Å². The lowest BCUT2D eigenvalue weighted by Crippen LogP contribution is -2.12. The first-order chi connectivity index (χ1) is 10.0. The number of benzene rings is 2. The van der Waals surface area contributed by atoms with Crippen LogP contribution in [0.1, 0.15) is 5.56 Å². The van der Waals surface area contributed by atoms with E-state index >= 15 is 0 Å². The molecular weight excluding hydrogens is 266 g/mol. The van der Waals surface area contributed by atoms with E-state index in [-0.39, 0.29) is 22.6 Å². The van der Waals surface area contributed by atoms with Crippen LogP contribution in [0.3, 0.4) is 0 Å². The Morgan fingerprint density at radius 3 is 2.14 bits per heavy atom. The van der Waals surface area contributed by atoms with Crippen LogP contribution >= 0.6 is 0 Å². The van der Waals surface area contributed by atoms with Crippen molar-refractivity contribution < 1.29 is 10.2 Å². The summed E-state index contributed by atoms with van der Waals surface area (Å²) in [5.41, 5.74) is 0.453. The molecule has 0 unspecified atom stereocenters. The highest BCUT2D eigenvalue weighted by Gasteiger charge is 2.22. The second kappa shape index (κ2) is 5.44. The minimum atomic E-state index is -0.129. The maximum atomic E-state index is 10.5. The topological polar surface area (TPSA) is 91.3 Å². The molecule has 5 heteroatoms. The van der Waals surface area contributed by atoms with Gasteiger partial charge in [-0.25, -0.2) is 0 Å². The van der Waals surface area contributed by atoms with Gasteiger partial charge in [-0.15, -0.1) is 0 Å². The number of anilines is 1. The molecule has 0 amide bonds. The summed E-state index contributed by atoms with van der Waals surface area (Å²) in [6.45, 7) is 0. The van der Waals surface area contributed by atoms with Gasteiger partial charge in [-0.05, 0) is 0 Å². The Morgan fingerprint density at radius 2 is 1.67 bits per heavy atom. The standard InChI is InChI=1S/C16H13N3O2/c1-19(2)14-13(10(9-18)7-8-17)15(20)11-5-3-4-6-12(11)16(14)21/h3-7,20-21H,1-2H3/b10-7+. The minimum absolute atomic E-state index is 0.000229. The van der Waals surface area contributed by atoms with Gasteiger partial charge >= 0.3 is 0 Å². The van der Waals surface area contributed by atoms with E-state index in [9.17, 15) is 15.5 Å². The molecule has 2 N–H and O–H groups in total. The van der Waals surface area contributed by atoms with Crippen LogP contribution in [0.25, 0.3) is 16.3 Å². The van der Waals surface area contributed by atoms with E-state index < -0.39 is 0 Å². The lowest BCUT2D eigenvalue weighted by Gasteiger charge is -2.21. The Hall–Kier alpha value is -3.18. The molecule has 0 saturated carbocycles. The number of fused-ring (bicyclic) bond motifs is 1. The van der Waals surface area contributed by atoms with Crippen molar-refractivity contribution in [2.75, 3.05) is 19.0 Å². The van der Waals surface area contributed by atoms with Crippen molar-refractivity contribution in [2.24, 2.45) is 0 Å². The predicted molar refractivity (Wildman–Crippen MR) is 80.8 cm³/mol. The third-order valence-corrected chi connectivity index (χ3v) is 3.18. The first-order valence-electron chi connectivity index (χ1n) is 6.17. The van der Waals surface area contributed by atoms with Crippen LogP contribution in [-0.4, -0.2) is 24.3 Å². The highest BCUT2D eigenvalue weighted by atomic mass is 16.3. The average molecular weight is 279 g/mol. The van der Waals surface area contributed by atoms with Crippen LogP contribution in [-0.2, 0) is 0 Å². The largest absolute Gasteiger partial charge is 0.507 e. The van der Waals surface area contributed by atoms with Gasteiger partial charge in [0.1, 0.15) is 17.6 Å². The van der Waals surface area contributed by atoms with E-state index in [2.05, 4.69) is 0 Å². The van der Waals surface area contributed by atoms with Crippen molar-refractivity contribution >= 4 is 22.0 Å². The number of allylic oxidation sites excluding steroid dienone is 2. The Bertz CT molecular complexity index is 824. The van der Waals surface area contributed by atoms with E-state index in [1.807, 2.05) is 6.07 Å². The molecule has 0 bridgehead atoms. The Labute approximate surface area is 122 Å².